The standard InChI is InChI=1S/C20H20N4O2S/c1-2-19(17-9-8-15-6-3-4-7-16(15)12-17)27(25,26)23-18-13-24(14-18)20-21-10-5-11-22-20/h2-12,18-19,23H,1,13-14H2. The van der Waals surface area contributed by atoms with E-state index in [0.29, 0.717) is 24.6 Å². The van der Waals surface area contributed by atoms with Gasteiger partial charge in [0.25, 0.3) is 0 Å². The van der Waals surface area contributed by atoms with Gasteiger partial charge in [-0.3, -0.25) is 0 Å². The molecule has 0 spiro atoms. The second-order valence-corrected chi connectivity index (χ2v) is 8.41. The minimum Gasteiger partial charge on any atom is -0.337 e. The highest BCUT2D eigenvalue weighted by Gasteiger charge is 2.34. The third-order valence-corrected chi connectivity index (χ3v) is 6.49. The Morgan fingerprint density at radius 2 is 1.78 bits per heavy atom. The largest absolute Gasteiger partial charge is 0.337 e. The highest BCUT2D eigenvalue weighted by atomic mass is 32.2. The van der Waals surface area contributed by atoms with Crippen LogP contribution in [0.4, 0.5) is 5.95 Å². The van der Waals surface area contributed by atoms with Crippen molar-refractivity contribution in [2.24, 2.45) is 0 Å². The van der Waals surface area contributed by atoms with Crippen LogP contribution in [0.2, 0.25) is 0 Å². The maximum atomic E-state index is 12.9. The maximum Gasteiger partial charge on any atom is 0.225 e. The van der Waals surface area contributed by atoms with Gasteiger partial charge >= 0.3 is 0 Å². The Hall–Kier alpha value is -2.77. The lowest BCUT2D eigenvalue weighted by Gasteiger charge is -2.39. The maximum absolute atomic E-state index is 12.9. The smallest absolute Gasteiger partial charge is 0.225 e. The van der Waals surface area contributed by atoms with Crippen molar-refractivity contribution in [2.45, 2.75) is 11.3 Å². The molecule has 4 rings (SSSR count). The fraction of sp³-hybridized carbons (Fsp3) is 0.200. The van der Waals surface area contributed by atoms with Crippen LogP contribution in [0.3, 0.4) is 0 Å². The van der Waals surface area contributed by atoms with E-state index in [0.717, 1.165) is 10.8 Å². The van der Waals surface area contributed by atoms with E-state index in [2.05, 4.69) is 21.3 Å². The molecule has 0 radical (unpaired) electrons. The van der Waals surface area contributed by atoms with Gasteiger partial charge in [0.15, 0.2) is 0 Å². The number of fused-ring (bicyclic) bond motifs is 1. The van der Waals surface area contributed by atoms with Gasteiger partial charge < -0.3 is 4.90 Å². The van der Waals surface area contributed by atoms with Gasteiger partial charge in [-0.1, -0.05) is 42.5 Å². The second-order valence-electron chi connectivity index (χ2n) is 6.58. The number of nitrogens with zero attached hydrogens (tertiary/aromatic N) is 3. The molecule has 0 bridgehead atoms. The summed E-state index contributed by atoms with van der Waals surface area (Å²) < 4.78 is 28.6. The molecule has 1 fully saturated rings. The first-order valence-electron chi connectivity index (χ1n) is 8.71. The second kappa shape index (κ2) is 7.09. The molecule has 1 aromatic heterocycles. The highest BCUT2D eigenvalue weighted by Crippen LogP contribution is 2.27. The zero-order chi connectivity index (χ0) is 18.9. The van der Waals surface area contributed by atoms with Crippen molar-refractivity contribution < 1.29 is 8.42 Å². The summed E-state index contributed by atoms with van der Waals surface area (Å²) in [5.74, 6) is 0.614. The first kappa shape index (κ1) is 17.6. The lowest BCUT2D eigenvalue weighted by Crippen LogP contribution is -2.60. The summed E-state index contributed by atoms with van der Waals surface area (Å²) in [6.45, 7) is 4.84. The number of aromatic nitrogens is 2. The fourth-order valence-electron chi connectivity index (χ4n) is 3.30. The van der Waals surface area contributed by atoms with E-state index >= 15 is 0 Å². The number of benzene rings is 2. The van der Waals surface area contributed by atoms with Crippen LogP contribution in [-0.4, -0.2) is 37.5 Å². The Kier molecular flexibility index (Phi) is 4.63. The van der Waals surface area contributed by atoms with Crippen LogP contribution >= 0.6 is 0 Å². The topological polar surface area (TPSA) is 75.2 Å². The molecule has 6 nitrogen and oxygen atoms in total. The molecule has 0 amide bonds. The molecule has 2 aromatic carbocycles. The van der Waals surface area contributed by atoms with E-state index in [4.69, 9.17) is 0 Å². The van der Waals surface area contributed by atoms with Crippen molar-refractivity contribution in [3.05, 3.63) is 79.1 Å². The molecule has 1 atom stereocenters. The summed E-state index contributed by atoms with van der Waals surface area (Å²) in [5, 5.41) is 1.28. The van der Waals surface area contributed by atoms with Crippen molar-refractivity contribution >= 4 is 26.7 Å². The molecule has 1 aliphatic heterocycles. The van der Waals surface area contributed by atoms with E-state index in [9.17, 15) is 8.42 Å². The molecule has 0 saturated carbocycles. The molecule has 1 N–H and O–H groups in total. The molecule has 27 heavy (non-hydrogen) atoms. The Morgan fingerprint density at radius 3 is 2.48 bits per heavy atom. The molecule has 2 heterocycles. The summed E-state index contributed by atoms with van der Waals surface area (Å²) in [4.78, 5) is 10.3. The van der Waals surface area contributed by atoms with Gasteiger partial charge in [0, 0.05) is 25.5 Å². The van der Waals surface area contributed by atoms with Crippen molar-refractivity contribution in [1.29, 1.82) is 0 Å². The van der Waals surface area contributed by atoms with Gasteiger partial charge in [0.05, 0.1) is 6.04 Å². The number of sulfonamides is 1. The summed E-state index contributed by atoms with van der Waals surface area (Å²) in [5.41, 5.74) is 0.707. The van der Waals surface area contributed by atoms with Gasteiger partial charge in [0.1, 0.15) is 5.25 Å². The van der Waals surface area contributed by atoms with Gasteiger partial charge in [-0.2, -0.15) is 0 Å². The average molecular weight is 380 g/mol. The third-order valence-electron chi connectivity index (χ3n) is 4.70. The molecule has 0 aliphatic carbocycles. The number of anilines is 1. The Bertz CT molecular complexity index is 1060. The van der Waals surface area contributed by atoms with Gasteiger partial charge in [0.2, 0.25) is 16.0 Å². The molecular formula is C20H20N4O2S. The van der Waals surface area contributed by atoms with Crippen LogP contribution in [0.5, 0.6) is 0 Å². The van der Waals surface area contributed by atoms with E-state index in [1.807, 2.05) is 47.4 Å². The van der Waals surface area contributed by atoms with E-state index in [-0.39, 0.29) is 6.04 Å². The van der Waals surface area contributed by atoms with Crippen molar-refractivity contribution in [3.63, 3.8) is 0 Å². The van der Waals surface area contributed by atoms with Crippen LogP contribution in [0.25, 0.3) is 10.8 Å². The number of nitrogens with one attached hydrogen (secondary N) is 1. The summed E-state index contributed by atoms with van der Waals surface area (Å²) in [6, 6.07) is 15.2. The molecule has 1 saturated heterocycles. The number of hydrogen-bond donors (Lipinski definition) is 1. The molecule has 3 aromatic rings. The van der Waals surface area contributed by atoms with Crippen molar-refractivity contribution in [2.75, 3.05) is 18.0 Å². The monoisotopic (exact) mass is 380 g/mol. The van der Waals surface area contributed by atoms with Crippen LogP contribution in [0.1, 0.15) is 10.8 Å². The SMILES string of the molecule is C=CC(c1ccc2ccccc2c1)S(=O)(=O)NC1CN(c2ncccn2)C1. The van der Waals surface area contributed by atoms with E-state index < -0.39 is 15.3 Å². The van der Waals surface area contributed by atoms with Crippen molar-refractivity contribution in [3.8, 4) is 0 Å². The predicted molar refractivity (Wildman–Crippen MR) is 107 cm³/mol. The lowest BCUT2D eigenvalue weighted by atomic mass is 10.1. The predicted octanol–water partition coefficient (Wildman–Crippen LogP) is 2.67. The zero-order valence-corrected chi connectivity index (χ0v) is 15.5. The molecular weight excluding hydrogens is 360 g/mol. The van der Waals surface area contributed by atoms with E-state index in [1.165, 1.54) is 6.08 Å². The molecule has 1 aliphatic rings. The summed E-state index contributed by atoms with van der Waals surface area (Å²) >= 11 is 0. The van der Waals surface area contributed by atoms with Crippen LogP contribution in [0, 0.1) is 0 Å². The van der Waals surface area contributed by atoms with Gasteiger partial charge in [-0.15, -0.1) is 6.58 Å². The third kappa shape index (κ3) is 3.56. The number of hydrogen-bond acceptors (Lipinski definition) is 5. The Balaban J connectivity index is 1.49. The Morgan fingerprint density at radius 1 is 1.07 bits per heavy atom. The van der Waals surface area contributed by atoms with Crippen LogP contribution in [-0.2, 0) is 10.0 Å². The summed E-state index contributed by atoms with van der Waals surface area (Å²) in [6.07, 6.45) is 4.82. The summed E-state index contributed by atoms with van der Waals surface area (Å²) in [7, 11) is -3.60. The molecule has 7 heteroatoms. The van der Waals surface area contributed by atoms with Crippen LogP contribution in [0.15, 0.2) is 73.6 Å². The number of rotatable bonds is 6. The minimum absolute atomic E-state index is 0.165. The molecule has 1 unspecified atom stereocenters. The van der Waals surface area contributed by atoms with Gasteiger partial charge in [-0.25, -0.2) is 23.1 Å². The lowest BCUT2D eigenvalue weighted by molar-refractivity contribution is 0.460. The average Bonchev–Trinajstić information content (AvgIpc) is 2.65. The minimum atomic E-state index is -3.60. The van der Waals surface area contributed by atoms with E-state index in [1.54, 1.807) is 18.5 Å². The van der Waals surface area contributed by atoms with Gasteiger partial charge in [-0.05, 0) is 28.5 Å². The Labute approximate surface area is 158 Å². The quantitative estimate of drug-likeness (QED) is 0.666. The first-order chi connectivity index (χ1) is 13.1. The molecule has 138 valence electrons. The van der Waals surface area contributed by atoms with Crippen molar-refractivity contribution in [1.82, 2.24) is 14.7 Å². The normalized spacial score (nSPS) is 16.1. The van der Waals surface area contributed by atoms with Crippen LogP contribution < -0.4 is 9.62 Å². The first-order valence-corrected chi connectivity index (χ1v) is 10.3. The highest BCUT2D eigenvalue weighted by molar-refractivity contribution is 7.89. The fourth-order valence-corrected chi connectivity index (χ4v) is 4.82. The zero-order valence-electron chi connectivity index (χ0n) is 14.7.